The third-order valence-corrected chi connectivity index (χ3v) is 4.24. The average Bonchev–Trinajstić information content (AvgIpc) is 2.48. The minimum Gasteiger partial charge on any atom is -0.324 e. The van der Waals surface area contributed by atoms with Gasteiger partial charge in [-0.1, -0.05) is 59.6 Å². The van der Waals surface area contributed by atoms with E-state index in [2.05, 4.69) is 11.9 Å². The van der Waals surface area contributed by atoms with Crippen LogP contribution in [-0.2, 0) is 6.54 Å². The van der Waals surface area contributed by atoms with Crippen LogP contribution in [0.15, 0.2) is 48.5 Å². The molecule has 4 heteroatoms. The predicted molar refractivity (Wildman–Crippen MR) is 90.8 cm³/mol. The number of hydrogen-bond acceptors (Lipinski definition) is 2. The second-order valence-electron chi connectivity index (χ2n) is 5.25. The summed E-state index contributed by atoms with van der Waals surface area (Å²) in [6.45, 7) is 1.70. The molecule has 0 fully saturated rings. The van der Waals surface area contributed by atoms with Crippen LogP contribution in [0.3, 0.4) is 0 Å². The molecular weight excluding hydrogens is 303 g/mol. The molecule has 0 saturated heterocycles. The largest absolute Gasteiger partial charge is 0.324 e. The highest BCUT2D eigenvalue weighted by atomic mass is 35.5. The summed E-state index contributed by atoms with van der Waals surface area (Å²) in [5.41, 5.74) is 8.37. The van der Waals surface area contributed by atoms with Gasteiger partial charge in [-0.15, -0.1) is 0 Å². The van der Waals surface area contributed by atoms with Gasteiger partial charge in [0, 0.05) is 22.6 Å². The Labute approximate surface area is 136 Å². The molecule has 1 atom stereocenters. The van der Waals surface area contributed by atoms with Crippen molar-refractivity contribution in [2.24, 2.45) is 5.73 Å². The van der Waals surface area contributed by atoms with Crippen molar-refractivity contribution < 1.29 is 0 Å². The molecule has 2 aromatic carbocycles. The van der Waals surface area contributed by atoms with E-state index in [-0.39, 0.29) is 6.04 Å². The fourth-order valence-corrected chi connectivity index (χ4v) is 2.76. The smallest absolute Gasteiger partial charge is 0.0453 e. The summed E-state index contributed by atoms with van der Waals surface area (Å²) in [6.07, 6.45) is 0.852. The van der Waals surface area contributed by atoms with Crippen LogP contribution in [0, 0.1) is 0 Å². The van der Waals surface area contributed by atoms with Crippen LogP contribution < -0.4 is 5.73 Å². The molecule has 0 spiro atoms. The highest BCUT2D eigenvalue weighted by Crippen LogP contribution is 2.23. The lowest BCUT2D eigenvalue weighted by Gasteiger charge is -2.20. The van der Waals surface area contributed by atoms with Gasteiger partial charge in [0.2, 0.25) is 0 Å². The molecule has 2 nitrogen and oxygen atoms in total. The van der Waals surface area contributed by atoms with Crippen LogP contribution in [0.25, 0.3) is 0 Å². The molecule has 112 valence electrons. The van der Waals surface area contributed by atoms with E-state index in [1.54, 1.807) is 0 Å². The summed E-state index contributed by atoms with van der Waals surface area (Å²) < 4.78 is 0. The number of halogens is 2. The van der Waals surface area contributed by atoms with Gasteiger partial charge in [0.15, 0.2) is 0 Å². The molecule has 1 unspecified atom stereocenters. The van der Waals surface area contributed by atoms with Gasteiger partial charge in [0.1, 0.15) is 0 Å². The predicted octanol–water partition coefficient (Wildman–Crippen LogP) is 4.52. The Bertz CT molecular complexity index is 587. The Morgan fingerprint density at radius 3 is 2.29 bits per heavy atom. The van der Waals surface area contributed by atoms with Gasteiger partial charge in [0.25, 0.3) is 0 Å². The van der Waals surface area contributed by atoms with Crippen molar-refractivity contribution in [2.75, 3.05) is 13.6 Å². The number of hydrogen-bond donors (Lipinski definition) is 1. The van der Waals surface area contributed by atoms with Crippen molar-refractivity contribution in [1.29, 1.82) is 0 Å². The van der Waals surface area contributed by atoms with Crippen molar-refractivity contribution >= 4 is 23.2 Å². The molecule has 21 heavy (non-hydrogen) atoms. The molecular formula is C17H20Cl2N2. The molecule has 0 saturated carbocycles. The molecule has 0 aliphatic rings. The zero-order chi connectivity index (χ0) is 15.2. The van der Waals surface area contributed by atoms with E-state index < -0.39 is 0 Å². The number of nitrogens with two attached hydrogens (primary N) is 1. The van der Waals surface area contributed by atoms with Gasteiger partial charge in [-0.25, -0.2) is 0 Å². The Balaban J connectivity index is 1.88. The zero-order valence-corrected chi connectivity index (χ0v) is 13.6. The van der Waals surface area contributed by atoms with E-state index >= 15 is 0 Å². The van der Waals surface area contributed by atoms with Gasteiger partial charge >= 0.3 is 0 Å². The second kappa shape index (κ2) is 7.81. The quantitative estimate of drug-likeness (QED) is 0.847. The zero-order valence-electron chi connectivity index (χ0n) is 12.1. The van der Waals surface area contributed by atoms with Crippen LogP contribution in [-0.4, -0.2) is 18.5 Å². The summed E-state index contributed by atoms with van der Waals surface area (Å²) in [4.78, 5) is 2.22. The normalized spacial score (nSPS) is 12.6. The number of rotatable bonds is 6. The van der Waals surface area contributed by atoms with Gasteiger partial charge in [0.05, 0.1) is 0 Å². The third-order valence-electron chi connectivity index (χ3n) is 3.52. The maximum atomic E-state index is 6.23. The van der Waals surface area contributed by atoms with Crippen molar-refractivity contribution in [2.45, 2.75) is 19.0 Å². The van der Waals surface area contributed by atoms with E-state index in [9.17, 15) is 0 Å². The second-order valence-corrected chi connectivity index (χ2v) is 6.06. The monoisotopic (exact) mass is 322 g/mol. The Morgan fingerprint density at radius 1 is 1.00 bits per heavy atom. The van der Waals surface area contributed by atoms with Gasteiger partial charge in [-0.05, 0) is 43.3 Å². The highest BCUT2D eigenvalue weighted by molar-refractivity contribution is 6.31. The minimum absolute atomic E-state index is 0.0487. The highest BCUT2D eigenvalue weighted by Gasteiger charge is 2.11. The summed E-state index contributed by atoms with van der Waals surface area (Å²) >= 11 is 12.4. The topological polar surface area (TPSA) is 29.3 Å². The SMILES string of the molecule is CN(CCC(N)c1ccccc1Cl)Cc1ccccc1Cl. The molecule has 0 amide bonds. The minimum atomic E-state index is -0.0487. The molecule has 0 radical (unpaired) electrons. The van der Waals surface area contributed by atoms with Crippen LogP contribution in [0.2, 0.25) is 10.0 Å². The van der Waals surface area contributed by atoms with Crippen LogP contribution >= 0.6 is 23.2 Å². The van der Waals surface area contributed by atoms with E-state index in [1.165, 1.54) is 0 Å². The fraction of sp³-hybridized carbons (Fsp3) is 0.294. The standard InChI is InChI=1S/C17H20Cl2N2/c1-21(12-13-6-2-4-8-15(13)18)11-10-17(20)14-7-3-5-9-16(14)19/h2-9,17H,10-12,20H2,1H3. The Morgan fingerprint density at radius 2 is 1.62 bits per heavy atom. The van der Waals surface area contributed by atoms with E-state index in [0.29, 0.717) is 0 Å². The first-order valence-electron chi connectivity index (χ1n) is 7.00. The van der Waals surface area contributed by atoms with Crippen LogP contribution in [0.5, 0.6) is 0 Å². The summed E-state index contributed by atoms with van der Waals surface area (Å²) in [7, 11) is 2.07. The lowest BCUT2D eigenvalue weighted by Crippen LogP contribution is -2.23. The Hall–Kier alpha value is -1.06. The first kappa shape index (κ1) is 16.3. The molecule has 2 aromatic rings. The van der Waals surface area contributed by atoms with Gasteiger partial charge < -0.3 is 10.6 Å². The summed E-state index contributed by atoms with van der Waals surface area (Å²) in [5.74, 6) is 0. The van der Waals surface area contributed by atoms with E-state index in [0.717, 1.165) is 40.7 Å². The van der Waals surface area contributed by atoms with E-state index in [4.69, 9.17) is 28.9 Å². The van der Waals surface area contributed by atoms with Crippen LogP contribution in [0.4, 0.5) is 0 Å². The lowest BCUT2D eigenvalue weighted by atomic mass is 10.0. The fourth-order valence-electron chi connectivity index (χ4n) is 2.29. The maximum Gasteiger partial charge on any atom is 0.0453 e. The third kappa shape index (κ3) is 4.72. The van der Waals surface area contributed by atoms with E-state index in [1.807, 2.05) is 48.5 Å². The van der Waals surface area contributed by atoms with Crippen LogP contribution in [0.1, 0.15) is 23.6 Å². The molecule has 0 aliphatic carbocycles. The number of nitrogens with zero attached hydrogens (tertiary/aromatic N) is 1. The molecule has 0 aliphatic heterocycles. The molecule has 0 heterocycles. The van der Waals surface area contributed by atoms with Gasteiger partial charge in [-0.2, -0.15) is 0 Å². The lowest BCUT2D eigenvalue weighted by molar-refractivity contribution is 0.311. The first-order valence-corrected chi connectivity index (χ1v) is 7.75. The molecule has 2 rings (SSSR count). The summed E-state index contributed by atoms with van der Waals surface area (Å²) in [6, 6.07) is 15.6. The number of benzene rings is 2. The average molecular weight is 323 g/mol. The Kier molecular flexibility index (Phi) is 6.07. The van der Waals surface area contributed by atoms with Gasteiger partial charge in [-0.3, -0.25) is 0 Å². The summed E-state index contributed by atoms with van der Waals surface area (Å²) in [5, 5.41) is 1.54. The van der Waals surface area contributed by atoms with Crippen molar-refractivity contribution in [1.82, 2.24) is 4.90 Å². The first-order chi connectivity index (χ1) is 10.1. The molecule has 0 aromatic heterocycles. The van der Waals surface area contributed by atoms with Crippen molar-refractivity contribution in [3.8, 4) is 0 Å². The molecule has 2 N–H and O–H groups in total. The van der Waals surface area contributed by atoms with Crippen molar-refractivity contribution in [3.05, 3.63) is 69.7 Å². The molecule has 0 bridgehead atoms. The maximum absolute atomic E-state index is 6.23. The van der Waals surface area contributed by atoms with Crippen molar-refractivity contribution in [3.63, 3.8) is 0 Å².